The number of nitrogens with zero attached hydrogens (tertiary/aromatic N) is 2. The molecule has 4 rings (SSSR count). The Morgan fingerprint density at radius 1 is 1.20 bits per heavy atom. The molecule has 40 heavy (non-hydrogen) atoms. The fourth-order valence-corrected chi connectivity index (χ4v) is 6.91. The van der Waals surface area contributed by atoms with Gasteiger partial charge in [0.05, 0.1) is 29.7 Å². The van der Waals surface area contributed by atoms with E-state index in [1.807, 2.05) is 13.8 Å². The summed E-state index contributed by atoms with van der Waals surface area (Å²) in [5.74, 6) is -9.11. The standard InChI is InChI=1S/C29H35N3O8/c1-12-13-8-9-14(28(2,3)10-6-7-11-30)21(33)16(13)22(34)17-15(12)23(35)19-20(32(4)5)24(36)18(27(31)39)26(38)29(19,40)25(17)37/h8-9,12,15,19-20,23,33-35,38,40H,6-7,10H2,1-5H3,(H2,31,39)/t12?,15?,19?,20-,23?,29-/m0/s1. The zero-order valence-corrected chi connectivity index (χ0v) is 23.1. The van der Waals surface area contributed by atoms with Crippen molar-refractivity contribution < 1.29 is 39.9 Å². The minimum Gasteiger partial charge on any atom is -0.508 e. The van der Waals surface area contributed by atoms with Gasteiger partial charge in [0, 0.05) is 23.5 Å². The number of nitrogens with two attached hydrogens (primary N) is 1. The molecule has 11 nitrogen and oxygen atoms in total. The van der Waals surface area contributed by atoms with Crippen LogP contribution in [0, 0.1) is 23.2 Å². The third kappa shape index (κ3) is 3.85. The van der Waals surface area contributed by atoms with Crippen LogP contribution in [0.15, 0.2) is 29.0 Å². The number of aliphatic hydroxyl groups is 4. The van der Waals surface area contributed by atoms with Crippen LogP contribution >= 0.6 is 0 Å². The fourth-order valence-electron chi connectivity index (χ4n) is 6.91. The Morgan fingerprint density at radius 3 is 2.38 bits per heavy atom. The highest BCUT2D eigenvalue weighted by molar-refractivity contribution is 6.24. The molecule has 1 saturated carbocycles. The minimum atomic E-state index is -2.95. The average Bonchev–Trinajstić information content (AvgIpc) is 2.85. The van der Waals surface area contributed by atoms with Crippen LogP contribution in [-0.4, -0.2) is 79.7 Å². The lowest BCUT2D eigenvalue weighted by molar-refractivity contribution is -0.169. The number of unbranched alkanes of at least 4 members (excludes halogenated alkanes) is 1. The number of nitriles is 1. The molecule has 1 fully saturated rings. The van der Waals surface area contributed by atoms with Gasteiger partial charge in [-0.25, -0.2) is 0 Å². The smallest absolute Gasteiger partial charge is 0.255 e. The first-order chi connectivity index (χ1) is 18.5. The van der Waals surface area contributed by atoms with Crippen molar-refractivity contribution >= 4 is 23.2 Å². The number of phenols is 1. The summed E-state index contributed by atoms with van der Waals surface area (Å²) in [6.45, 7) is 5.44. The van der Waals surface area contributed by atoms with Gasteiger partial charge < -0.3 is 31.3 Å². The summed E-state index contributed by atoms with van der Waals surface area (Å²) in [4.78, 5) is 40.8. The number of hydrogen-bond acceptors (Lipinski definition) is 10. The topological polar surface area (TPSA) is 205 Å². The van der Waals surface area contributed by atoms with Crippen molar-refractivity contribution in [2.24, 2.45) is 17.6 Å². The lowest BCUT2D eigenvalue weighted by Crippen LogP contribution is -2.70. The summed E-state index contributed by atoms with van der Waals surface area (Å²) in [7, 11) is 2.92. The van der Waals surface area contributed by atoms with Crippen LogP contribution in [0.5, 0.6) is 5.75 Å². The number of aliphatic hydroxyl groups excluding tert-OH is 3. The van der Waals surface area contributed by atoms with Crippen LogP contribution in [0.2, 0.25) is 0 Å². The number of fused-ring (bicyclic) bond motifs is 3. The lowest BCUT2D eigenvalue weighted by Gasteiger charge is -2.53. The van der Waals surface area contributed by atoms with Crippen molar-refractivity contribution in [3.05, 3.63) is 45.7 Å². The molecule has 3 aliphatic rings. The Labute approximate surface area is 231 Å². The van der Waals surface area contributed by atoms with Crippen molar-refractivity contribution in [3.63, 3.8) is 0 Å². The summed E-state index contributed by atoms with van der Waals surface area (Å²) in [6.07, 6.45) is -0.184. The van der Waals surface area contributed by atoms with Gasteiger partial charge in [-0.2, -0.15) is 5.26 Å². The number of aromatic hydroxyl groups is 1. The number of carbonyl (C=O) groups is 3. The first kappa shape index (κ1) is 29.3. The third-order valence-electron chi connectivity index (χ3n) is 8.95. The van der Waals surface area contributed by atoms with E-state index in [9.17, 15) is 39.9 Å². The highest BCUT2D eigenvalue weighted by Gasteiger charge is 2.68. The van der Waals surface area contributed by atoms with Crippen molar-refractivity contribution in [1.82, 2.24) is 4.90 Å². The molecule has 0 bridgehead atoms. The number of ketones is 2. The maximum atomic E-state index is 14.1. The van der Waals surface area contributed by atoms with E-state index in [-0.39, 0.29) is 11.3 Å². The van der Waals surface area contributed by atoms with E-state index >= 15 is 0 Å². The van der Waals surface area contributed by atoms with E-state index < -0.39 is 81.1 Å². The van der Waals surface area contributed by atoms with E-state index in [0.29, 0.717) is 30.4 Å². The second-order valence-electron chi connectivity index (χ2n) is 11.9. The first-order valence-corrected chi connectivity index (χ1v) is 13.1. The summed E-state index contributed by atoms with van der Waals surface area (Å²) in [5, 5.41) is 66.3. The van der Waals surface area contributed by atoms with Crippen molar-refractivity contribution in [3.8, 4) is 11.8 Å². The predicted octanol–water partition coefficient (Wildman–Crippen LogP) is 1.47. The Bertz CT molecular complexity index is 1420. The van der Waals surface area contributed by atoms with Gasteiger partial charge in [-0.15, -0.1) is 0 Å². The van der Waals surface area contributed by atoms with Crippen LogP contribution in [0.25, 0.3) is 5.76 Å². The molecule has 214 valence electrons. The number of phenolic OH excluding ortho intramolecular Hbond substituents is 1. The number of rotatable bonds is 6. The second kappa shape index (κ2) is 9.73. The molecule has 1 amide bonds. The summed E-state index contributed by atoms with van der Waals surface area (Å²) >= 11 is 0. The average molecular weight is 554 g/mol. The zero-order chi connectivity index (χ0) is 30.1. The molecule has 7 N–H and O–H groups in total. The number of benzene rings is 1. The predicted molar refractivity (Wildman–Crippen MR) is 143 cm³/mol. The molecule has 4 unspecified atom stereocenters. The molecule has 0 aliphatic heterocycles. The lowest BCUT2D eigenvalue weighted by atomic mass is 9.54. The fraction of sp³-hybridized carbons (Fsp3) is 0.517. The van der Waals surface area contributed by atoms with Gasteiger partial charge in [0.2, 0.25) is 5.78 Å². The quantitative estimate of drug-likeness (QED) is 0.221. The van der Waals surface area contributed by atoms with Crippen LogP contribution in [-0.2, 0) is 19.8 Å². The SMILES string of the molecule is CC1c2ccc(C(C)(C)CCCC#N)c(O)c2C(O)=C2C(=O)[C@]3(O)C(O)=C(C(N)=O)C(=O)[C@@H](N(C)C)C3C(O)C21. The van der Waals surface area contributed by atoms with Gasteiger partial charge >= 0.3 is 0 Å². The largest absolute Gasteiger partial charge is 0.508 e. The molecule has 3 aliphatic carbocycles. The maximum Gasteiger partial charge on any atom is 0.255 e. The first-order valence-electron chi connectivity index (χ1n) is 13.1. The second-order valence-corrected chi connectivity index (χ2v) is 11.9. The molecular weight excluding hydrogens is 518 g/mol. The molecule has 6 atom stereocenters. The molecule has 0 radical (unpaired) electrons. The molecule has 0 saturated heterocycles. The number of carbonyl (C=O) groups excluding carboxylic acids is 3. The van der Waals surface area contributed by atoms with E-state index in [1.54, 1.807) is 19.1 Å². The van der Waals surface area contributed by atoms with E-state index in [2.05, 4.69) is 6.07 Å². The monoisotopic (exact) mass is 553 g/mol. The van der Waals surface area contributed by atoms with Gasteiger partial charge in [0.25, 0.3) is 5.91 Å². The number of primary amides is 1. The highest BCUT2D eigenvalue weighted by atomic mass is 16.4. The highest BCUT2D eigenvalue weighted by Crippen LogP contribution is 2.57. The number of likely N-dealkylation sites (N-methyl/N-ethyl adjacent to an activating group) is 1. The summed E-state index contributed by atoms with van der Waals surface area (Å²) in [6, 6.07) is 4.10. The third-order valence-corrected chi connectivity index (χ3v) is 8.95. The summed E-state index contributed by atoms with van der Waals surface area (Å²) in [5.41, 5.74) is 1.27. The Kier molecular flexibility index (Phi) is 7.12. The maximum absolute atomic E-state index is 14.1. The molecule has 11 heteroatoms. The zero-order valence-electron chi connectivity index (χ0n) is 23.1. The van der Waals surface area contributed by atoms with E-state index in [4.69, 9.17) is 11.0 Å². The van der Waals surface area contributed by atoms with Crippen molar-refractivity contribution in [2.75, 3.05) is 14.1 Å². The number of amides is 1. The molecule has 1 aromatic carbocycles. The van der Waals surface area contributed by atoms with Crippen molar-refractivity contribution in [2.45, 2.75) is 69.1 Å². The van der Waals surface area contributed by atoms with Gasteiger partial charge in [-0.05, 0) is 43.8 Å². The van der Waals surface area contributed by atoms with Crippen LogP contribution in [0.3, 0.4) is 0 Å². The Morgan fingerprint density at radius 2 is 1.82 bits per heavy atom. The number of hydrogen-bond donors (Lipinski definition) is 6. The van der Waals surface area contributed by atoms with Crippen LogP contribution < -0.4 is 5.73 Å². The molecule has 0 aromatic heterocycles. The van der Waals surface area contributed by atoms with Gasteiger partial charge in [0.1, 0.15) is 22.8 Å². The van der Waals surface area contributed by atoms with E-state index in [1.165, 1.54) is 19.0 Å². The van der Waals surface area contributed by atoms with Gasteiger partial charge in [-0.3, -0.25) is 19.3 Å². The van der Waals surface area contributed by atoms with Gasteiger partial charge in [0.15, 0.2) is 11.4 Å². The number of Topliss-reactive ketones (excluding diaryl/α,β-unsaturated/α-hetero) is 2. The van der Waals surface area contributed by atoms with Crippen LogP contribution in [0.4, 0.5) is 0 Å². The van der Waals surface area contributed by atoms with Crippen LogP contribution in [0.1, 0.15) is 62.6 Å². The minimum absolute atomic E-state index is 0.0400. The van der Waals surface area contributed by atoms with E-state index in [0.717, 1.165) is 0 Å². The Balaban J connectivity index is 1.98. The normalized spacial score (nSPS) is 30.1. The summed E-state index contributed by atoms with van der Waals surface area (Å²) < 4.78 is 0. The van der Waals surface area contributed by atoms with Gasteiger partial charge in [-0.1, -0.05) is 32.9 Å². The Hall–Kier alpha value is -3.72. The molecule has 1 aromatic rings. The molecular formula is C29H35N3O8. The molecule has 0 heterocycles. The van der Waals surface area contributed by atoms with Crippen molar-refractivity contribution in [1.29, 1.82) is 5.26 Å². The molecule has 0 spiro atoms.